The van der Waals surface area contributed by atoms with Crippen LogP contribution in [0, 0.1) is 0 Å². The van der Waals surface area contributed by atoms with Gasteiger partial charge in [0.1, 0.15) is 18.4 Å². The van der Waals surface area contributed by atoms with Gasteiger partial charge in [0.05, 0.1) is 10.6 Å². The van der Waals surface area contributed by atoms with Crippen LogP contribution in [0.15, 0.2) is 53.0 Å². The molecule has 2 heterocycles. The number of ether oxygens (including phenoxy) is 1. The fourth-order valence-electron chi connectivity index (χ4n) is 2.78. The molecule has 8 heteroatoms. The van der Waals surface area contributed by atoms with Gasteiger partial charge < -0.3 is 20.5 Å². The number of halogens is 2. The second kappa shape index (κ2) is 9.12. The second-order valence-electron chi connectivity index (χ2n) is 6.19. The number of anilines is 1. The van der Waals surface area contributed by atoms with Crippen LogP contribution < -0.4 is 15.4 Å². The number of fused-ring (bicyclic) bond motifs is 9. The third-order valence-corrected chi connectivity index (χ3v) is 4.97. The topological polar surface area (TPSA) is 87.7 Å². The third-order valence-electron chi connectivity index (χ3n) is 4.18. The van der Waals surface area contributed by atoms with Crippen LogP contribution in [0.25, 0.3) is 0 Å². The second-order valence-corrected chi connectivity index (χ2v) is 7.51. The summed E-state index contributed by atoms with van der Waals surface area (Å²) < 4.78 is 6.35. The Balaban J connectivity index is 1.96. The first-order valence-corrected chi connectivity index (χ1v) is 9.74. The van der Waals surface area contributed by atoms with Crippen molar-refractivity contribution in [3.8, 4) is 5.75 Å². The van der Waals surface area contributed by atoms with Crippen molar-refractivity contribution in [1.29, 1.82) is 0 Å². The van der Waals surface area contributed by atoms with E-state index in [0.717, 1.165) is 4.47 Å². The van der Waals surface area contributed by atoms with Crippen LogP contribution in [0.4, 0.5) is 5.69 Å². The maximum absolute atomic E-state index is 12.8. The molecule has 1 atom stereocenters. The third kappa shape index (κ3) is 5.05. The molecular weight excluding hydrogens is 448 g/mol. The lowest BCUT2D eigenvalue weighted by atomic mass is 10.0. The Morgan fingerprint density at radius 2 is 2.04 bits per heavy atom. The first kappa shape index (κ1) is 20.2. The average molecular weight is 466 g/mol. The Morgan fingerprint density at radius 3 is 2.79 bits per heavy atom. The van der Waals surface area contributed by atoms with E-state index >= 15 is 0 Å². The minimum atomic E-state index is -1.13. The van der Waals surface area contributed by atoms with E-state index in [9.17, 15) is 14.7 Å². The molecule has 6 nitrogen and oxygen atoms in total. The van der Waals surface area contributed by atoms with Gasteiger partial charge in [-0.3, -0.25) is 4.79 Å². The van der Waals surface area contributed by atoms with Gasteiger partial charge in [-0.1, -0.05) is 39.7 Å². The first-order chi connectivity index (χ1) is 13.4. The van der Waals surface area contributed by atoms with E-state index in [1.807, 2.05) is 18.2 Å². The standard InChI is InChI=1S/C20H18BrClN2O4/c21-13-4-5-16-14(11-13)19(25)24-17(20(26)27)10-12-3-6-18(15(22)9-12)28-8-2-1-7-23-16/h1-6,9,11,17,23H,7-8,10H2,(H,24,25)(H,26,27)/t17-/m0/s1. The van der Waals surface area contributed by atoms with E-state index in [1.54, 1.807) is 30.3 Å². The van der Waals surface area contributed by atoms with Crippen molar-refractivity contribution < 1.29 is 19.4 Å². The van der Waals surface area contributed by atoms with Gasteiger partial charge in [0, 0.05) is 23.1 Å². The zero-order chi connectivity index (χ0) is 20.1. The summed E-state index contributed by atoms with van der Waals surface area (Å²) in [5, 5.41) is 15.7. The number of hydrogen-bond donors (Lipinski definition) is 3. The highest BCUT2D eigenvalue weighted by Gasteiger charge is 2.23. The molecular formula is C20H18BrClN2O4. The lowest BCUT2D eigenvalue weighted by Gasteiger charge is -2.18. The van der Waals surface area contributed by atoms with Gasteiger partial charge in [-0.05, 0) is 42.0 Å². The molecule has 1 amide bonds. The summed E-state index contributed by atoms with van der Waals surface area (Å²) in [5.74, 6) is -1.09. The molecule has 0 saturated heterocycles. The van der Waals surface area contributed by atoms with Crippen LogP contribution in [0.5, 0.6) is 5.75 Å². The van der Waals surface area contributed by atoms with Crippen LogP contribution in [-0.4, -0.2) is 36.2 Å². The Hall–Kier alpha value is -2.51. The number of carbonyl (C=O) groups excluding carboxylic acids is 1. The van der Waals surface area contributed by atoms with Gasteiger partial charge >= 0.3 is 5.97 Å². The highest BCUT2D eigenvalue weighted by atomic mass is 79.9. The summed E-state index contributed by atoms with van der Waals surface area (Å²) in [7, 11) is 0. The average Bonchev–Trinajstić information content (AvgIpc) is 2.65. The number of aliphatic carboxylic acids is 1. The van der Waals surface area contributed by atoms with Crippen LogP contribution >= 0.6 is 27.5 Å². The molecule has 0 radical (unpaired) electrons. The van der Waals surface area contributed by atoms with Crippen LogP contribution in [0.1, 0.15) is 15.9 Å². The van der Waals surface area contributed by atoms with Crippen molar-refractivity contribution in [2.24, 2.45) is 0 Å². The SMILES string of the molecule is O=C1N[C@H](C(=O)O)Cc2ccc(c(Cl)c2)OCC=CCNc2ccc(Br)cc21. The van der Waals surface area contributed by atoms with Gasteiger partial charge in [0.15, 0.2) is 0 Å². The van der Waals surface area contributed by atoms with Gasteiger partial charge in [-0.25, -0.2) is 4.79 Å². The smallest absolute Gasteiger partial charge is 0.326 e. The number of rotatable bonds is 1. The van der Waals surface area contributed by atoms with Crippen molar-refractivity contribution in [3.05, 3.63) is 69.2 Å². The van der Waals surface area contributed by atoms with E-state index in [4.69, 9.17) is 16.3 Å². The fraction of sp³-hybridized carbons (Fsp3) is 0.200. The maximum Gasteiger partial charge on any atom is 0.326 e. The fourth-order valence-corrected chi connectivity index (χ4v) is 3.40. The molecule has 0 unspecified atom stereocenters. The van der Waals surface area contributed by atoms with Gasteiger partial charge in [-0.2, -0.15) is 0 Å². The number of carboxylic acids is 1. The molecule has 4 rings (SSSR count). The molecule has 28 heavy (non-hydrogen) atoms. The molecule has 3 N–H and O–H groups in total. The Labute approximate surface area is 175 Å². The molecule has 2 bridgehead atoms. The van der Waals surface area contributed by atoms with Crippen molar-refractivity contribution >= 4 is 45.1 Å². The van der Waals surface area contributed by atoms with Crippen molar-refractivity contribution in [2.45, 2.75) is 12.5 Å². The lowest BCUT2D eigenvalue weighted by Crippen LogP contribution is -2.42. The summed E-state index contributed by atoms with van der Waals surface area (Å²) in [6, 6.07) is 9.21. The zero-order valence-electron chi connectivity index (χ0n) is 14.7. The van der Waals surface area contributed by atoms with Gasteiger partial charge in [0.2, 0.25) is 0 Å². The highest BCUT2D eigenvalue weighted by molar-refractivity contribution is 9.10. The molecule has 0 aliphatic carbocycles. The van der Waals surface area contributed by atoms with Crippen LogP contribution in [-0.2, 0) is 11.2 Å². The van der Waals surface area contributed by atoms with Crippen molar-refractivity contribution in [2.75, 3.05) is 18.5 Å². The predicted molar refractivity (Wildman–Crippen MR) is 111 cm³/mol. The van der Waals surface area contributed by atoms with E-state index in [2.05, 4.69) is 26.6 Å². The molecule has 2 aromatic carbocycles. The van der Waals surface area contributed by atoms with Crippen LogP contribution in [0.2, 0.25) is 5.02 Å². The molecule has 2 aliphatic rings. The summed E-state index contributed by atoms with van der Waals surface area (Å²) in [6.45, 7) is 0.812. The summed E-state index contributed by atoms with van der Waals surface area (Å²) in [6.07, 6.45) is 3.82. The van der Waals surface area contributed by atoms with Gasteiger partial charge in [0.25, 0.3) is 5.91 Å². The van der Waals surface area contributed by atoms with Crippen molar-refractivity contribution in [1.82, 2.24) is 5.32 Å². The number of amides is 1. The van der Waals surface area contributed by atoms with E-state index in [-0.39, 0.29) is 6.42 Å². The summed E-state index contributed by atoms with van der Waals surface area (Å²) in [4.78, 5) is 24.5. The molecule has 0 spiro atoms. The number of carbonyl (C=O) groups is 2. The number of nitrogens with one attached hydrogen (secondary N) is 2. The summed E-state index contributed by atoms with van der Waals surface area (Å²) in [5.41, 5.74) is 1.64. The monoisotopic (exact) mass is 464 g/mol. The van der Waals surface area contributed by atoms with Gasteiger partial charge in [-0.15, -0.1) is 0 Å². The Kier molecular flexibility index (Phi) is 6.59. The van der Waals surface area contributed by atoms with Crippen LogP contribution in [0.3, 0.4) is 0 Å². The predicted octanol–water partition coefficient (Wildman–Crippen LogP) is 3.89. The quantitative estimate of drug-likeness (QED) is 0.556. The minimum absolute atomic E-state index is 0.0950. The lowest BCUT2D eigenvalue weighted by molar-refractivity contribution is -0.139. The van der Waals surface area contributed by atoms with E-state index in [0.29, 0.717) is 40.7 Å². The zero-order valence-corrected chi connectivity index (χ0v) is 17.1. The van der Waals surface area contributed by atoms with E-state index in [1.165, 1.54) is 0 Å². The normalized spacial score (nSPS) is 17.2. The molecule has 2 aliphatic heterocycles. The van der Waals surface area contributed by atoms with Crippen molar-refractivity contribution in [3.63, 3.8) is 0 Å². The molecule has 0 fully saturated rings. The summed E-state index contributed by atoms with van der Waals surface area (Å²) >= 11 is 9.58. The van der Waals surface area contributed by atoms with E-state index < -0.39 is 17.9 Å². The maximum atomic E-state index is 12.8. The Morgan fingerprint density at radius 1 is 1.21 bits per heavy atom. The molecule has 0 aromatic heterocycles. The number of carboxylic acid groups (broad SMARTS) is 1. The molecule has 2 aromatic rings. The largest absolute Gasteiger partial charge is 0.488 e. The highest BCUT2D eigenvalue weighted by Crippen LogP contribution is 2.26. The Bertz CT molecular complexity index is 932. The molecule has 0 saturated carbocycles. The number of benzene rings is 2. The molecule has 146 valence electrons. The number of hydrogen-bond acceptors (Lipinski definition) is 4. The minimum Gasteiger partial charge on any atom is -0.488 e. The first-order valence-electron chi connectivity index (χ1n) is 8.57.